The molecule has 7 nitrogen and oxygen atoms in total. The number of anilines is 1. The van der Waals surface area contributed by atoms with E-state index in [0.717, 1.165) is 0 Å². The Kier molecular flexibility index (Phi) is 4.62. The normalized spacial score (nSPS) is 13.0. The number of aromatic nitrogens is 1. The number of primary amides is 1. The van der Waals surface area contributed by atoms with Gasteiger partial charge >= 0.3 is 0 Å². The minimum atomic E-state index is -3.83. The highest BCUT2D eigenvalue weighted by atomic mass is 32.2. The highest BCUT2D eigenvalue weighted by Gasteiger charge is 2.23. The van der Waals surface area contributed by atoms with E-state index in [1.165, 1.54) is 19.3 Å². The molecule has 1 amide bonds. The lowest BCUT2D eigenvalue weighted by Gasteiger charge is -2.14. The summed E-state index contributed by atoms with van der Waals surface area (Å²) in [5.74, 6) is -0.743. The zero-order chi connectivity index (χ0) is 13.8. The Morgan fingerprint density at radius 1 is 1.56 bits per heavy atom. The number of sulfonamides is 1. The van der Waals surface area contributed by atoms with Gasteiger partial charge in [0.2, 0.25) is 15.9 Å². The van der Waals surface area contributed by atoms with Gasteiger partial charge in [0.15, 0.2) is 0 Å². The lowest BCUT2D eigenvalue weighted by atomic mass is 10.4. The molecule has 0 aliphatic rings. The van der Waals surface area contributed by atoms with Crippen LogP contribution >= 0.6 is 0 Å². The van der Waals surface area contributed by atoms with Gasteiger partial charge in [0.05, 0.1) is 11.7 Å². The number of hydrogen-bond acceptors (Lipinski definition) is 5. The summed E-state index contributed by atoms with van der Waals surface area (Å²) in [5.41, 5.74) is 5.45. The number of rotatable bonds is 6. The molecule has 0 aliphatic heterocycles. The van der Waals surface area contributed by atoms with Gasteiger partial charge in [0, 0.05) is 18.9 Å². The predicted molar refractivity (Wildman–Crippen MR) is 67.4 cm³/mol. The van der Waals surface area contributed by atoms with Crippen molar-refractivity contribution in [2.75, 3.05) is 11.9 Å². The first-order chi connectivity index (χ1) is 8.38. The smallest absolute Gasteiger partial charge is 0.244 e. The van der Waals surface area contributed by atoms with Crippen molar-refractivity contribution in [3.05, 3.63) is 18.5 Å². The Balaban J connectivity index is 3.08. The van der Waals surface area contributed by atoms with Crippen molar-refractivity contribution >= 4 is 21.6 Å². The average Bonchev–Trinajstić information content (AvgIpc) is 2.29. The number of nitrogens with one attached hydrogen (secondary N) is 2. The molecular weight excluding hydrogens is 256 g/mol. The summed E-state index contributed by atoms with van der Waals surface area (Å²) < 4.78 is 26.3. The fraction of sp³-hybridized carbons (Fsp3) is 0.400. The first-order valence-corrected chi connectivity index (χ1v) is 6.86. The van der Waals surface area contributed by atoms with Crippen LogP contribution in [0.3, 0.4) is 0 Å². The van der Waals surface area contributed by atoms with E-state index in [1.807, 2.05) is 6.92 Å². The van der Waals surface area contributed by atoms with Gasteiger partial charge in [-0.15, -0.1) is 0 Å². The Labute approximate surface area is 106 Å². The molecule has 0 aromatic carbocycles. The SMILES string of the molecule is CCNc1ccncc1S(=O)(=O)NC(C)C(N)=O. The van der Waals surface area contributed by atoms with Gasteiger partial charge in [0.25, 0.3) is 0 Å². The van der Waals surface area contributed by atoms with E-state index in [0.29, 0.717) is 12.2 Å². The van der Waals surface area contributed by atoms with Crippen molar-refractivity contribution in [1.29, 1.82) is 0 Å². The van der Waals surface area contributed by atoms with E-state index in [9.17, 15) is 13.2 Å². The molecule has 100 valence electrons. The Morgan fingerprint density at radius 3 is 2.78 bits per heavy atom. The van der Waals surface area contributed by atoms with Gasteiger partial charge < -0.3 is 11.1 Å². The fourth-order valence-corrected chi connectivity index (χ4v) is 2.62. The summed E-state index contributed by atoms with van der Waals surface area (Å²) in [5, 5.41) is 2.91. The molecule has 1 atom stereocenters. The quantitative estimate of drug-likeness (QED) is 0.656. The van der Waals surface area contributed by atoms with Crippen molar-refractivity contribution in [2.45, 2.75) is 24.8 Å². The van der Waals surface area contributed by atoms with E-state index >= 15 is 0 Å². The van der Waals surface area contributed by atoms with E-state index < -0.39 is 22.0 Å². The molecule has 1 aromatic rings. The van der Waals surface area contributed by atoms with Gasteiger partial charge in [-0.3, -0.25) is 9.78 Å². The van der Waals surface area contributed by atoms with Gasteiger partial charge in [-0.25, -0.2) is 8.42 Å². The van der Waals surface area contributed by atoms with E-state index in [1.54, 1.807) is 6.07 Å². The third kappa shape index (κ3) is 3.41. The van der Waals surface area contributed by atoms with Crippen LogP contribution in [0.2, 0.25) is 0 Å². The molecular formula is C10H16N4O3S. The number of carbonyl (C=O) groups is 1. The van der Waals surface area contributed by atoms with Crippen LogP contribution in [0.5, 0.6) is 0 Å². The summed E-state index contributed by atoms with van der Waals surface area (Å²) in [6.45, 7) is 3.79. The molecule has 1 unspecified atom stereocenters. The summed E-state index contributed by atoms with van der Waals surface area (Å²) in [6.07, 6.45) is 2.70. The number of hydrogen-bond donors (Lipinski definition) is 3. The molecule has 0 saturated heterocycles. The minimum Gasteiger partial charge on any atom is -0.384 e. The lowest BCUT2D eigenvalue weighted by molar-refractivity contribution is -0.119. The first-order valence-electron chi connectivity index (χ1n) is 5.38. The molecule has 0 bridgehead atoms. The van der Waals surface area contributed by atoms with Gasteiger partial charge in [-0.2, -0.15) is 4.72 Å². The van der Waals surface area contributed by atoms with Crippen LogP contribution in [0, 0.1) is 0 Å². The van der Waals surface area contributed by atoms with Crippen LogP contribution in [0.25, 0.3) is 0 Å². The Hall–Kier alpha value is -1.67. The Morgan fingerprint density at radius 2 is 2.22 bits per heavy atom. The van der Waals surface area contributed by atoms with E-state index in [-0.39, 0.29) is 4.90 Å². The molecule has 1 aromatic heterocycles. The molecule has 8 heteroatoms. The second kappa shape index (κ2) is 5.78. The number of nitrogens with two attached hydrogens (primary N) is 1. The molecule has 0 spiro atoms. The standard InChI is InChI=1S/C10H16N4O3S/c1-3-13-8-4-5-12-6-9(8)18(16,17)14-7(2)10(11)15/h4-7,14H,3H2,1-2H3,(H2,11,15)(H,12,13). The lowest BCUT2D eigenvalue weighted by Crippen LogP contribution is -2.42. The van der Waals surface area contributed by atoms with Crippen LogP contribution in [0.15, 0.2) is 23.4 Å². The van der Waals surface area contributed by atoms with E-state index in [4.69, 9.17) is 5.73 Å². The summed E-state index contributed by atoms with van der Waals surface area (Å²) >= 11 is 0. The molecule has 0 saturated carbocycles. The number of pyridine rings is 1. The maximum Gasteiger partial charge on any atom is 0.244 e. The van der Waals surface area contributed by atoms with Crippen molar-refractivity contribution in [3.63, 3.8) is 0 Å². The molecule has 4 N–H and O–H groups in total. The van der Waals surface area contributed by atoms with Crippen molar-refractivity contribution in [3.8, 4) is 0 Å². The number of nitrogens with zero attached hydrogens (tertiary/aromatic N) is 1. The molecule has 1 rings (SSSR count). The average molecular weight is 272 g/mol. The fourth-order valence-electron chi connectivity index (χ4n) is 1.28. The third-order valence-corrected chi connectivity index (χ3v) is 3.77. The summed E-state index contributed by atoms with van der Waals surface area (Å²) in [7, 11) is -3.83. The maximum absolute atomic E-state index is 12.0. The number of amides is 1. The van der Waals surface area contributed by atoms with Crippen molar-refractivity contribution in [1.82, 2.24) is 9.71 Å². The van der Waals surface area contributed by atoms with Crippen LogP contribution in [-0.2, 0) is 14.8 Å². The van der Waals surface area contributed by atoms with Crippen LogP contribution in [-0.4, -0.2) is 31.9 Å². The molecule has 18 heavy (non-hydrogen) atoms. The third-order valence-electron chi connectivity index (χ3n) is 2.20. The molecule has 0 fully saturated rings. The summed E-state index contributed by atoms with van der Waals surface area (Å²) in [6, 6.07) is 0.567. The minimum absolute atomic E-state index is 0.0139. The number of carbonyl (C=O) groups excluding carboxylic acids is 1. The van der Waals surface area contributed by atoms with E-state index in [2.05, 4.69) is 15.0 Å². The van der Waals surface area contributed by atoms with Crippen molar-refractivity contribution in [2.24, 2.45) is 5.73 Å². The molecule has 0 aliphatic carbocycles. The maximum atomic E-state index is 12.0. The summed E-state index contributed by atoms with van der Waals surface area (Å²) in [4.78, 5) is 14.6. The Bertz CT molecular complexity index is 530. The monoisotopic (exact) mass is 272 g/mol. The topological polar surface area (TPSA) is 114 Å². The highest BCUT2D eigenvalue weighted by molar-refractivity contribution is 7.89. The first kappa shape index (κ1) is 14.4. The molecule has 0 radical (unpaired) electrons. The molecule has 1 heterocycles. The zero-order valence-electron chi connectivity index (χ0n) is 10.2. The second-order valence-corrected chi connectivity index (χ2v) is 5.33. The second-order valence-electron chi connectivity index (χ2n) is 3.65. The van der Waals surface area contributed by atoms with Gasteiger partial charge in [-0.1, -0.05) is 0 Å². The van der Waals surface area contributed by atoms with Gasteiger partial charge in [0.1, 0.15) is 4.90 Å². The predicted octanol–water partition coefficient (Wildman–Crippen LogP) is -0.334. The van der Waals surface area contributed by atoms with Gasteiger partial charge in [-0.05, 0) is 19.9 Å². The zero-order valence-corrected chi connectivity index (χ0v) is 11.0. The van der Waals surface area contributed by atoms with Crippen LogP contribution in [0.4, 0.5) is 5.69 Å². The van der Waals surface area contributed by atoms with Crippen LogP contribution in [0.1, 0.15) is 13.8 Å². The largest absolute Gasteiger partial charge is 0.384 e. The van der Waals surface area contributed by atoms with Crippen LogP contribution < -0.4 is 15.8 Å². The van der Waals surface area contributed by atoms with Crippen molar-refractivity contribution < 1.29 is 13.2 Å². The highest BCUT2D eigenvalue weighted by Crippen LogP contribution is 2.19.